The molecule has 1 aromatic rings. The zero-order chi connectivity index (χ0) is 13.0. The molecule has 0 spiro atoms. The molecule has 1 fully saturated rings. The van der Waals surface area contributed by atoms with Crippen LogP contribution in [0.5, 0.6) is 11.5 Å². The highest BCUT2D eigenvalue weighted by Crippen LogP contribution is 2.32. The summed E-state index contributed by atoms with van der Waals surface area (Å²) < 4.78 is 5.87. The third-order valence-corrected chi connectivity index (χ3v) is 3.77. The maximum Gasteiger partial charge on any atom is 0.127 e. The molecule has 0 heterocycles. The number of phenolic OH excluding ortho intramolecular Hbond substituents is 1. The van der Waals surface area contributed by atoms with Crippen molar-refractivity contribution in [3.63, 3.8) is 0 Å². The molecule has 1 saturated carbocycles. The van der Waals surface area contributed by atoms with Gasteiger partial charge in [0.1, 0.15) is 17.6 Å². The molecule has 0 aromatic heterocycles. The van der Waals surface area contributed by atoms with Gasteiger partial charge in [0.15, 0.2) is 0 Å². The van der Waals surface area contributed by atoms with E-state index < -0.39 is 6.10 Å². The average Bonchev–Trinajstić information content (AvgIpc) is 2.34. The van der Waals surface area contributed by atoms with Crippen LogP contribution in [0.25, 0.3) is 0 Å². The molecule has 0 aliphatic heterocycles. The molecule has 2 rings (SSSR count). The van der Waals surface area contributed by atoms with Crippen LogP contribution < -0.4 is 4.74 Å². The van der Waals surface area contributed by atoms with E-state index in [4.69, 9.17) is 4.74 Å². The van der Waals surface area contributed by atoms with Gasteiger partial charge in [-0.25, -0.2) is 0 Å². The Morgan fingerprint density at radius 3 is 2.89 bits per heavy atom. The van der Waals surface area contributed by atoms with Crippen molar-refractivity contribution in [3.05, 3.63) is 24.3 Å². The zero-order valence-corrected chi connectivity index (χ0v) is 11.2. The van der Waals surface area contributed by atoms with Crippen LogP contribution in [0.2, 0.25) is 0 Å². The highest BCUT2D eigenvalue weighted by molar-refractivity contribution is 7.80. The Morgan fingerprint density at radius 2 is 2.17 bits per heavy atom. The summed E-state index contributed by atoms with van der Waals surface area (Å²) in [5.41, 5.74) is 0. The van der Waals surface area contributed by atoms with Gasteiger partial charge in [-0.15, -0.1) is 0 Å². The molecule has 4 heteroatoms. The minimum absolute atomic E-state index is 0.184. The lowest BCUT2D eigenvalue weighted by Gasteiger charge is -2.35. The summed E-state index contributed by atoms with van der Waals surface area (Å²) >= 11 is 4.27. The van der Waals surface area contributed by atoms with Gasteiger partial charge in [0.05, 0.1) is 6.10 Å². The van der Waals surface area contributed by atoms with Gasteiger partial charge in [0, 0.05) is 6.07 Å². The van der Waals surface area contributed by atoms with Crippen molar-refractivity contribution in [3.8, 4) is 11.5 Å². The number of hydrogen-bond donors (Lipinski definition) is 3. The minimum atomic E-state index is -0.425. The molecule has 0 bridgehead atoms. The molecular weight excluding hydrogens is 248 g/mol. The Labute approximate surface area is 113 Å². The van der Waals surface area contributed by atoms with Gasteiger partial charge in [-0.2, -0.15) is 12.6 Å². The van der Waals surface area contributed by atoms with Crippen molar-refractivity contribution < 1.29 is 14.9 Å². The largest absolute Gasteiger partial charge is 0.508 e. The first-order valence-corrected chi connectivity index (χ1v) is 7.08. The predicted octanol–water partition coefficient (Wildman–Crippen LogP) is 2.62. The van der Waals surface area contributed by atoms with E-state index in [1.165, 1.54) is 0 Å². The summed E-state index contributed by atoms with van der Waals surface area (Å²) in [6, 6.07) is 6.74. The molecule has 3 atom stereocenters. The van der Waals surface area contributed by atoms with Crippen LogP contribution >= 0.6 is 12.6 Å². The molecule has 0 saturated heterocycles. The number of benzene rings is 1. The van der Waals surface area contributed by atoms with E-state index in [2.05, 4.69) is 12.6 Å². The Balaban J connectivity index is 2.08. The topological polar surface area (TPSA) is 49.7 Å². The lowest BCUT2D eigenvalue weighted by atomic mass is 9.82. The van der Waals surface area contributed by atoms with Crippen molar-refractivity contribution in [2.24, 2.45) is 5.92 Å². The maximum absolute atomic E-state index is 10.1. The number of ether oxygens (including phenoxy) is 1. The fourth-order valence-corrected chi connectivity index (χ4v) is 2.93. The highest BCUT2D eigenvalue weighted by Gasteiger charge is 2.33. The van der Waals surface area contributed by atoms with E-state index in [1.54, 1.807) is 24.3 Å². The van der Waals surface area contributed by atoms with Crippen molar-refractivity contribution in [1.82, 2.24) is 0 Å². The Morgan fingerprint density at radius 1 is 1.33 bits per heavy atom. The monoisotopic (exact) mass is 268 g/mol. The van der Waals surface area contributed by atoms with Crippen molar-refractivity contribution in [2.75, 3.05) is 5.75 Å². The molecule has 0 radical (unpaired) electrons. The van der Waals surface area contributed by atoms with Crippen LogP contribution in [0.15, 0.2) is 24.3 Å². The number of aliphatic hydroxyl groups excluding tert-OH is 1. The van der Waals surface area contributed by atoms with Gasteiger partial charge in [-0.3, -0.25) is 0 Å². The Bertz CT molecular complexity index is 381. The first-order valence-electron chi connectivity index (χ1n) is 6.45. The summed E-state index contributed by atoms with van der Waals surface area (Å²) in [6.45, 7) is 0. The summed E-state index contributed by atoms with van der Waals surface area (Å²) in [5.74, 6) is 1.94. The molecule has 2 N–H and O–H groups in total. The van der Waals surface area contributed by atoms with Gasteiger partial charge in [0.2, 0.25) is 0 Å². The third-order valence-electron chi connectivity index (χ3n) is 3.51. The molecule has 3 nitrogen and oxygen atoms in total. The highest BCUT2D eigenvalue weighted by atomic mass is 32.1. The molecular formula is C14H20O3S. The van der Waals surface area contributed by atoms with E-state index in [9.17, 15) is 10.2 Å². The first kappa shape index (κ1) is 13.6. The fourth-order valence-electron chi connectivity index (χ4n) is 2.60. The molecule has 18 heavy (non-hydrogen) atoms. The minimum Gasteiger partial charge on any atom is -0.508 e. The van der Waals surface area contributed by atoms with Crippen molar-refractivity contribution in [2.45, 2.75) is 37.9 Å². The average molecular weight is 268 g/mol. The van der Waals surface area contributed by atoms with Crippen LogP contribution in [0.3, 0.4) is 0 Å². The summed E-state index contributed by atoms with van der Waals surface area (Å²) in [5, 5.41) is 19.5. The smallest absolute Gasteiger partial charge is 0.127 e. The van der Waals surface area contributed by atoms with Crippen LogP contribution in [0.1, 0.15) is 25.7 Å². The second-order valence-electron chi connectivity index (χ2n) is 4.85. The molecule has 100 valence electrons. The fraction of sp³-hybridized carbons (Fsp3) is 0.571. The second-order valence-corrected chi connectivity index (χ2v) is 5.30. The molecule has 0 amide bonds. The molecule has 1 aliphatic carbocycles. The predicted molar refractivity (Wildman–Crippen MR) is 74.3 cm³/mol. The number of phenols is 1. The van der Waals surface area contributed by atoms with E-state index in [-0.39, 0.29) is 11.9 Å². The van der Waals surface area contributed by atoms with Crippen molar-refractivity contribution in [1.29, 1.82) is 0 Å². The van der Waals surface area contributed by atoms with Crippen LogP contribution in [-0.2, 0) is 0 Å². The zero-order valence-electron chi connectivity index (χ0n) is 10.3. The van der Waals surface area contributed by atoms with Crippen molar-refractivity contribution >= 4 is 12.6 Å². The quantitative estimate of drug-likeness (QED) is 0.736. The van der Waals surface area contributed by atoms with E-state index in [0.29, 0.717) is 11.7 Å². The van der Waals surface area contributed by atoms with Gasteiger partial charge in [-0.1, -0.05) is 12.5 Å². The van der Waals surface area contributed by atoms with Gasteiger partial charge in [-0.05, 0) is 43.1 Å². The van der Waals surface area contributed by atoms with Crippen LogP contribution in [-0.4, -0.2) is 28.2 Å². The normalized spacial score (nSPS) is 28.0. The summed E-state index contributed by atoms with van der Waals surface area (Å²) in [7, 11) is 0. The van der Waals surface area contributed by atoms with Crippen LogP contribution in [0, 0.1) is 5.92 Å². The standard InChI is InChI=1S/C14H20O3S/c15-11-4-2-5-12(9-11)17-14-10(7-8-18)3-1-6-13(14)16/h2,4-5,9-10,13-16,18H,1,3,6-8H2. The number of hydrogen-bond acceptors (Lipinski definition) is 4. The first-order chi connectivity index (χ1) is 8.70. The van der Waals surface area contributed by atoms with Gasteiger partial charge >= 0.3 is 0 Å². The lowest BCUT2D eigenvalue weighted by Crippen LogP contribution is -2.42. The maximum atomic E-state index is 10.1. The number of thiol groups is 1. The second kappa shape index (κ2) is 6.34. The molecule has 3 unspecified atom stereocenters. The number of rotatable bonds is 4. The molecule has 1 aliphatic rings. The SMILES string of the molecule is Oc1cccc(OC2C(O)CCCC2CCS)c1. The lowest BCUT2D eigenvalue weighted by molar-refractivity contribution is -0.0294. The third kappa shape index (κ3) is 3.33. The Kier molecular flexibility index (Phi) is 4.78. The summed E-state index contributed by atoms with van der Waals surface area (Å²) in [6.07, 6.45) is 3.23. The van der Waals surface area contributed by atoms with E-state index in [0.717, 1.165) is 31.4 Å². The van der Waals surface area contributed by atoms with E-state index >= 15 is 0 Å². The Hall–Kier alpha value is -0.870. The number of aliphatic hydroxyl groups is 1. The number of aromatic hydroxyl groups is 1. The summed E-state index contributed by atoms with van der Waals surface area (Å²) in [4.78, 5) is 0. The van der Waals surface area contributed by atoms with Gasteiger partial charge in [0.25, 0.3) is 0 Å². The van der Waals surface area contributed by atoms with Crippen LogP contribution in [0.4, 0.5) is 0 Å². The van der Waals surface area contributed by atoms with Gasteiger partial charge < -0.3 is 14.9 Å². The molecule has 1 aromatic carbocycles. The van der Waals surface area contributed by atoms with E-state index in [1.807, 2.05) is 0 Å².